The predicted octanol–water partition coefficient (Wildman–Crippen LogP) is 3.83. The van der Waals surface area contributed by atoms with E-state index in [1.807, 2.05) is 6.07 Å². The van der Waals surface area contributed by atoms with Gasteiger partial charge in [-0.25, -0.2) is 0 Å². The second-order valence-corrected chi connectivity index (χ2v) is 19.6. The van der Waals surface area contributed by atoms with Crippen molar-refractivity contribution in [1.29, 1.82) is 5.26 Å². The van der Waals surface area contributed by atoms with Crippen molar-refractivity contribution in [2.24, 2.45) is 0 Å². The topological polar surface area (TPSA) is 36.9 Å². The van der Waals surface area contributed by atoms with Gasteiger partial charge in [0.15, 0.2) is 0 Å². The Morgan fingerprint density at radius 3 is 1.72 bits per heavy atom. The van der Waals surface area contributed by atoms with Crippen LogP contribution in [-0.2, 0) is 0 Å². The first-order valence-corrected chi connectivity index (χ1v) is 17.4. The Labute approximate surface area is 173 Å². The first kappa shape index (κ1) is 27.4. The Morgan fingerprint density at radius 2 is 1.40 bits per heavy atom. The van der Waals surface area contributed by atoms with Gasteiger partial charge < -0.3 is 6.92 Å². The zero-order valence-electron chi connectivity index (χ0n) is 17.5. The van der Waals surface area contributed by atoms with Gasteiger partial charge in [0.1, 0.15) is 0 Å². The Kier molecular flexibility index (Phi) is 19.3. The predicted molar refractivity (Wildman–Crippen MR) is 108 cm³/mol. The van der Waals surface area contributed by atoms with Crippen molar-refractivity contribution in [2.75, 3.05) is 0 Å². The van der Waals surface area contributed by atoms with Crippen molar-refractivity contribution in [2.45, 2.75) is 92.4 Å². The minimum atomic E-state index is -2.52. The molecule has 0 N–H and O–H groups in total. The van der Waals surface area contributed by atoms with E-state index in [2.05, 4.69) is 40.7 Å². The van der Waals surface area contributed by atoms with Crippen molar-refractivity contribution in [3.63, 3.8) is 0 Å². The molecular formula is C21H38LiNOSn. The zero-order chi connectivity index (χ0) is 18.3. The van der Waals surface area contributed by atoms with Gasteiger partial charge >= 0.3 is 147 Å². The van der Waals surface area contributed by atoms with Crippen molar-refractivity contribution in [3.8, 4) is 6.07 Å². The Balaban J connectivity index is 0. The SMILES string of the molecule is CCC[CH2][Sn]([CH2]CCC)([CH2]CCC)[c]1occc1C#N.[CH2-]CCC.[Li+]. The maximum absolute atomic E-state index is 9.37. The van der Waals surface area contributed by atoms with Gasteiger partial charge in [0, 0.05) is 0 Å². The third-order valence-electron chi connectivity index (χ3n) is 4.65. The average molecular weight is 446 g/mol. The van der Waals surface area contributed by atoms with E-state index in [0.717, 1.165) is 15.8 Å². The van der Waals surface area contributed by atoms with E-state index in [9.17, 15) is 5.26 Å². The molecule has 0 unspecified atom stereocenters. The van der Waals surface area contributed by atoms with Crippen molar-refractivity contribution in [3.05, 3.63) is 24.8 Å². The van der Waals surface area contributed by atoms with E-state index in [-0.39, 0.29) is 18.9 Å². The number of unbranched alkanes of at least 4 members (excludes halogenated alkanes) is 4. The third-order valence-corrected chi connectivity index (χ3v) is 19.7. The van der Waals surface area contributed by atoms with Crippen LogP contribution in [0.25, 0.3) is 0 Å². The van der Waals surface area contributed by atoms with Gasteiger partial charge in [-0.3, -0.25) is 0 Å². The van der Waals surface area contributed by atoms with Gasteiger partial charge in [-0.05, 0) is 0 Å². The molecule has 0 aliphatic rings. The maximum Gasteiger partial charge on any atom is 1.00 e. The summed E-state index contributed by atoms with van der Waals surface area (Å²) in [5.74, 6) is 0. The van der Waals surface area contributed by atoms with Crippen LogP contribution < -0.4 is 22.6 Å². The molecule has 1 rings (SSSR count). The van der Waals surface area contributed by atoms with E-state index in [4.69, 9.17) is 4.42 Å². The minimum absolute atomic E-state index is 0. The van der Waals surface area contributed by atoms with Crippen molar-refractivity contribution in [1.82, 2.24) is 0 Å². The Hall–Kier alpha value is 0.166. The molecule has 0 radical (unpaired) electrons. The van der Waals surface area contributed by atoms with Gasteiger partial charge in [-0.1, -0.05) is 13.3 Å². The number of hydrogen-bond donors (Lipinski definition) is 0. The number of furan rings is 1. The summed E-state index contributed by atoms with van der Waals surface area (Å²) < 4.78 is 11.1. The Bertz CT molecular complexity index is 429. The molecule has 138 valence electrons. The van der Waals surface area contributed by atoms with Gasteiger partial charge in [0.25, 0.3) is 0 Å². The monoisotopic (exact) mass is 447 g/mol. The summed E-state index contributed by atoms with van der Waals surface area (Å²) in [5.41, 5.74) is 0.837. The van der Waals surface area contributed by atoms with E-state index in [1.54, 1.807) is 6.26 Å². The van der Waals surface area contributed by atoms with Crippen molar-refractivity contribution < 1.29 is 23.3 Å². The van der Waals surface area contributed by atoms with Crippen LogP contribution in [-0.4, -0.2) is 18.4 Å². The van der Waals surface area contributed by atoms with Gasteiger partial charge in [0.05, 0.1) is 0 Å². The molecule has 0 amide bonds. The fourth-order valence-corrected chi connectivity index (χ4v) is 18.9. The maximum atomic E-state index is 9.37. The molecule has 0 spiro atoms. The molecule has 0 atom stereocenters. The van der Waals surface area contributed by atoms with Crippen LogP contribution in [0.15, 0.2) is 16.7 Å². The molecule has 0 fully saturated rings. The second-order valence-electron chi connectivity index (χ2n) is 6.72. The molecule has 0 aromatic carbocycles. The molecule has 0 aliphatic carbocycles. The summed E-state index contributed by atoms with van der Waals surface area (Å²) >= 11 is -2.52. The summed E-state index contributed by atoms with van der Waals surface area (Å²) in [4.78, 5) is 0. The van der Waals surface area contributed by atoms with E-state index < -0.39 is 18.4 Å². The number of nitrogens with zero attached hydrogens (tertiary/aromatic N) is 1. The third kappa shape index (κ3) is 10.2. The van der Waals surface area contributed by atoms with Crippen LogP contribution in [0.3, 0.4) is 0 Å². The molecule has 4 heteroatoms. The van der Waals surface area contributed by atoms with Crippen LogP contribution >= 0.6 is 0 Å². The molecule has 25 heavy (non-hydrogen) atoms. The molecule has 1 aromatic heterocycles. The standard InChI is InChI=1S/C5H2NO.4C4H9.Li.Sn/c6-3-5-1-2-7-4-5;4*1-3-4-2;;/h1-2H;4*1,3-4H2,2H3;;/q;;;;-1;+1;. The smallest absolute Gasteiger partial charge is 0.343 e. The van der Waals surface area contributed by atoms with Gasteiger partial charge in [-0.15, -0.1) is 0 Å². The van der Waals surface area contributed by atoms with E-state index in [1.165, 1.54) is 58.3 Å². The minimum Gasteiger partial charge on any atom is -0.343 e. The molecule has 2 nitrogen and oxygen atoms in total. The number of nitriles is 1. The molecule has 0 aliphatic heterocycles. The first-order chi connectivity index (χ1) is 11.7. The van der Waals surface area contributed by atoms with Crippen LogP contribution in [0.5, 0.6) is 0 Å². The normalized spacial score (nSPS) is 10.4. The summed E-state index contributed by atoms with van der Waals surface area (Å²) in [6.45, 7) is 12.5. The van der Waals surface area contributed by atoms with Crippen molar-refractivity contribution >= 4 is 22.2 Å². The number of hydrogen-bond acceptors (Lipinski definition) is 2. The molecular weight excluding hydrogens is 408 g/mol. The van der Waals surface area contributed by atoms with Gasteiger partial charge in [-0.2, -0.15) is 6.42 Å². The van der Waals surface area contributed by atoms with Gasteiger partial charge in [0.2, 0.25) is 0 Å². The fourth-order valence-electron chi connectivity index (χ4n) is 3.07. The number of rotatable bonds is 11. The summed E-state index contributed by atoms with van der Waals surface area (Å²) in [7, 11) is 0. The quantitative estimate of drug-likeness (QED) is 0.383. The zero-order valence-corrected chi connectivity index (χ0v) is 20.3. The van der Waals surface area contributed by atoms with Crippen LogP contribution in [0.2, 0.25) is 13.3 Å². The molecule has 0 saturated carbocycles. The molecule has 0 bridgehead atoms. The molecule has 0 saturated heterocycles. The molecule has 1 heterocycles. The van der Waals surface area contributed by atoms with E-state index in [0.29, 0.717) is 0 Å². The van der Waals surface area contributed by atoms with Crippen LogP contribution in [0.4, 0.5) is 0 Å². The largest absolute Gasteiger partial charge is 1.00 e. The fraction of sp³-hybridized carbons (Fsp3) is 0.714. The van der Waals surface area contributed by atoms with Crippen LogP contribution in [0, 0.1) is 18.3 Å². The second kappa shape index (κ2) is 17.6. The first-order valence-electron chi connectivity index (χ1n) is 9.92. The summed E-state index contributed by atoms with van der Waals surface area (Å²) in [6, 6.07) is 4.25. The van der Waals surface area contributed by atoms with Crippen LogP contribution in [0.1, 0.15) is 84.6 Å². The summed E-state index contributed by atoms with van der Waals surface area (Å²) in [6.07, 6.45) is 11.7. The average Bonchev–Trinajstić information content (AvgIpc) is 3.11. The molecule has 1 aromatic rings. The summed E-state index contributed by atoms with van der Waals surface area (Å²) in [5, 5.41) is 9.37. The van der Waals surface area contributed by atoms with E-state index >= 15 is 0 Å². The Morgan fingerprint density at radius 1 is 0.960 bits per heavy atom.